The summed E-state index contributed by atoms with van der Waals surface area (Å²) in [5, 5.41) is 14.4. The topological polar surface area (TPSA) is 118 Å². The molecule has 15 heteroatoms. The minimum atomic E-state index is -2.55. The molecule has 1 aromatic rings. The predicted octanol–water partition coefficient (Wildman–Crippen LogP) is 11.8. The van der Waals surface area contributed by atoms with Gasteiger partial charge in [-0.15, -0.1) is 0 Å². The molecule has 1 unspecified atom stereocenters. The van der Waals surface area contributed by atoms with E-state index in [-0.39, 0.29) is 57.7 Å². The molecule has 0 aliphatic carbocycles. The van der Waals surface area contributed by atoms with Gasteiger partial charge in [-0.3, -0.25) is 9.63 Å². The Hall–Kier alpha value is -0.962. The second-order valence-electron chi connectivity index (χ2n) is 25.0. The summed E-state index contributed by atoms with van der Waals surface area (Å²) in [6.45, 7) is 50.3. The molecule has 1 fully saturated rings. The second-order valence-corrected chi connectivity index (χ2v) is 44.1. The van der Waals surface area contributed by atoms with E-state index in [4.69, 9.17) is 36.8 Å². The number of aliphatic hydroxyl groups is 1. The second kappa shape index (κ2) is 21.8. The minimum absolute atomic E-state index is 0.00195. The van der Waals surface area contributed by atoms with Crippen LogP contribution in [0.25, 0.3) is 0 Å². The fraction of sp³-hybridized carbons (Fsp3) is 0.857. The molecule has 1 aliphatic heterocycles. The number of epoxide rings is 1. The van der Waals surface area contributed by atoms with Gasteiger partial charge in [0.15, 0.2) is 33.3 Å². The smallest absolute Gasteiger partial charge is 0.248 e. The van der Waals surface area contributed by atoms with Crippen molar-refractivity contribution in [2.45, 2.75) is 213 Å². The van der Waals surface area contributed by atoms with Gasteiger partial charge in [-0.1, -0.05) is 102 Å². The van der Waals surface area contributed by atoms with Crippen LogP contribution in [0.4, 0.5) is 0 Å². The van der Waals surface area contributed by atoms with Crippen LogP contribution in [0.15, 0.2) is 24.3 Å². The Labute approximate surface area is 396 Å². The number of rotatable bonds is 24. The van der Waals surface area contributed by atoms with Crippen LogP contribution >= 0.6 is 0 Å². The van der Waals surface area contributed by atoms with Gasteiger partial charge in [0.2, 0.25) is 5.91 Å². The van der Waals surface area contributed by atoms with E-state index in [0.29, 0.717) is 13.2 Å². The van der Waals surface area contributed by atoms with Crippen molar-refractivity contribution in [2.24, 2.45) is 17.8 Å². The molecule has 8 atom stereocenters. The Kier molecular flexibility index (Phi) is 20.1. The molecule has 64 heavy (non-hydrogen) atoms. The maximum Gasteiger partial charge on any atom is 0.248 e. The highest BCUT2D eigenvalue weighted by molar-refractivity contribution is 6.75. The van der Waals surface area contributed by atoms with E-state index in [1.807, 2.05) is 24.3 Å². The molecule has 11 nitrogen and oxygen atoms in total. The van der Waals surface area contributed by atoms with Crippen molar-refractivity contribution in [2.75, 3.05) is 41.1 Å². The van der Waals surface area contributed by atoms with E-state index in [2.05, 4.69) is 149 Å². The monoisotopic (exact) mass is 972 g/mol. The Morgan fingerprint density at radius 3 is 1.58 bits per heavy atom. The van der Waals surface area contributed by atoms with Crippen molar-refractivity contribution in [3.05, 3.63) is 29.8 Å². The van der Waals surface area contributed by atoms with Crippen molar-refractivity contribution in [3.63, 3.8) is 0 Å². The van der Waals surface area contributed by atoms with Crippen LogP contribution < -0.4 is 4.74 Å². The first-order valence-corrected chi connectivity index (χ1v) is 35.3. The number of methoxy groups -OCH3 is 1. The molecular weight excluding hydrogens is 875 g/mol. The van der Waals surface area contributed by atoms with Crippen LogP contribution in [0.2, 0.25) is 72.5 Å². The van der Waals surface area contributed by atoms with Crippen LogP contribution in [0.5, 0.6) is 5.75 Å². The van der Waals surface area contributed by atoms with Gasteiger partial charge >= 0.3 is 0 Å². The Bertz CT molecular complexity index is 1610. The molecule has 0 radical (unpaired) electrons. The number of carbonyl (C=O) groups excluding carboxylic acids is 1. The molecule has 0 spiro atoms. The highest BCUT2D eigenvalue weighted by Crippen LogP contribution is 2.52. The molecular formula is C49H97NO10Si4. The molecule has 0 bridgehead atoms. The molecule has 1 heterocycles. The molecule has 1 amide bonds. The number of ether oxygens (including phenoxy) is 3. The summed E-state index contributed by atoms with van der Waals surface area (Å²) >= 11 is 0. The number of carbonyl (C=O) groups is 1. The Morgan fingerprint density at radius 1 is 0.719 bits per heavy atom. The van der Waals surface area contributed by atoms with Gasteiger partial charge in [0.25, 0.3) is 0 Å². The number of hydroxylamine groups is 2. The normalized spacial score (nSPS) is 21.2. The van der Waals surface area contributed by atoms with Gasteiger partial charge in [-0.2, -0.15) is 0 Å². The largest absolute Gasteiger partial charge is 0.497 e. The van der Waals surface area contributed by atoms with Crippen molar-refractivity contribution in [1.29, 1.82) is 0 Å². The van der Waals surface area contributed by atoms with E-state index in [0.717, 1.165) is 11.3 Å². The maximum absolute atomic E-state index is 14.0. The predicted molar refractivity (Wildman–Crippen MR) is 273 cm³/mol. The van der Waals surface area contributed by atoms with E-state index < -0.39 is 69.0 Å². The molecule has 1 aliphatic rings. The van der Waals surface area contributed by atoms with Crippen LogP contribution in [-0.4, -0.2) is 120 Å². The van der Waals surface area contributed by atoms with Crippen molar-refractivity contribution >= 4 is 39.2 Å². The Balaban J connectivity index is 2.91. The van der Waals surface area contributed by atoms with Crippen LogP contribution in [0.3, 0.4) is 0 Å². The highest BCUT2D eigenvalue weighted by atomic mass is 28.4. The zero-order valence-electron chi connectivity index (χ0n) is 45.5. The molecule has 2 rings (SSSR count). The zero-order chi connectivity index (χ0) is 49.9. The van der Waals surface area contributed by atoms with Gasteiger partial charge in [0.05, 0.1) is 58.3 Å². The third-order valence-corrected chi connectivity index (χ3v) is 33.9. The number of hydrogen-bond acceptors (Lipinski definition) is 10. The SMILES string of the molecule is COc1ccc(COC[C@H](C)[C@H]2O[C@@]2(C)[C@@H](O[Si](C)(C)C(C)(C)C)[C@@H](CO[Si](C)(C)C(C)(C)C)[C@@H](O)[C@@H](CO[Si](C)(C)C(C)(C)C)C(CC(=O)N(C)OC)O[Si](C)(C)C(C)(C)C)cc1. The van der Waals surface area contributed by atoms with Gasteiger partial charge in [0.1, 0.15) is 11.4 Å². The summed E-state index contributed by atoms with van der Waals surface area (Å²) in [6, 6.07) is 7.93. The van der Waals surface area contributed by atoms with Gasteiger partial charge < -0.3 is 37.0 Å². The van der Waals surface area contributed by atoms with Gasteiger partial charge in [-0.25, -0.2) is 5.06 Å². The van der Waals surface area contributed by atoms with Crippen LogP contribution in [-0.2, 0) is 43.4 Å². The molecule has 1 saturated heterocycles. The first-order chi connectivity index (χ1) is 28.7. The summed E-state index contributed by atoms with van der Waals surface area (Å²) < 4.78 is 47.9. The summed E-state index contributed by atoms with van der Waals surface area (Å²) in [5.41, 5.74) is 0.279. The highest BCUT2D eigenvalue weighted by Gasteiger charge is 2.65. The number of benzene rings is 1. The van der Waals surface area contributed by atoms with E-state index in [9.17, 15) is 9.90 Å². The van der Waals surface area contributed by atoms with Crippen molar-refractivity contribution in [1.82, 2.24) is 5.06 Å². The first kappa shape index (κ1) is 59.2. The molecule has 0 saturated carbocycles. The number of aliphatic hydroxyl groups excluding tert-OH is 1. The van der Waals surface area contributed by atoms with E-state index in [1.165, 1.54) is 12.2 Å². The first-order valence-electron chi connectivity index (χ1n) is 23.7. The lowest BCUT2D eigenvalue weighted by molar-refractivity contribution is -0.172. The summed E-state index contributed by atoms with van der Waals surface area (Å²) in [4.78, 5) is 19.4. The van der Waals surface area contributed by atoms with E-state index >= 15 is 0 Å². The van der Waals surface area contributed by atoms with Gasteiger partial charge in [0, 0.05) is 38.0 Å². The number of nitrogens with zero attached hydrogens (tertiary/aromatic N) is 1. The van der Waals surface area contributed by atoms with Crippen LogP contribution in [0.1, 0.15) is 109 Å². The molecule has 0 aromatic heterocycles. The minimum Gasteiger partial charge on any atom is -0.497 e. The lowest BCUT2D eigenvalue weighted by Crippen LogP contribution is -2.59. The summed E-state index contributed by atoms with van der Waals surface area (Å²) in [6.07, 6.45) is -2.57. The average Bonchev–Trinajstić information content (AvgIpc) is 3.84. The zero-order valence-corrected chi connectivity index (χ0v) is 49.5. The third kappa shape index (κ3) is 15.3. The molecule has 1 aromatic carbocycles. The fourth-order valence-corrected chi connectivity index (χ4v) is 11.7. The van der Waals surface area contributed by atoms with Crippen LogP contribution in [0, 0.1) is 17.8 Å². The average molecular weight is 973 g/mol. The fourth-order valence-electron chi connectivity index (χ4n) is 6.83. The maximum atomic E-state index is 14.0. The number of hydrogen-bond donors (Lipinski definition) is 1. The van der Waals surface area contributed by atoms with Crippen molar-refractivity contribution < 1.29 is 46.7 Å². The summed E-state index contributed by atoms with van der Waals surface area (Å²) in [5.74, 6) is -0.634. The standard InChI is InChI=1S/C49H97NO10Si4/c1-35(31-55-32-36-26-28-37(53-16)29-27-36)43-49(14,58-43)44(60-64(24,25)48(11,12)13)39(34-57-62(20,21)46(5,6)7)42(52)38(33-56-61(18,19)45(2,3)4)40(30-41(51)50(15)54-17)59-63(22,23)47(8,9)10/h26-29,35,38-40,42-44,52H,30-34H2,1-25H3/t35-,38-,39-,40?,42-,43+,44-,49+/m0/s1. The molecule has 374 valence electrons. The lowest BCUT2D eigenvalue weighted by atomic mass is 9.78. The molecule has 1 N–H and O–H groups in total. The van der Waals surface area contributed by atoms with E-state index in [1.54, 1.807) is 14.2 Å². The lowest BCUT2D eigenvalue weighted by Gasteiger charge is -2.48. The quantitative estimate of drug-likeness (QED) is 0.0609. The summed E-state index contributed by atoms with van der Waals surface area (Å²) in [7, 11) is -5.09. The van der Waals surface area contributed by atoms with Gasteiger partial charge in [-0.05, 0) is 97.1 Å². The number of amides is 1. The third-order valence-electron chi connectivity index (χ3n) is 15.9. The van der Waals surface area contributed by atoms with Crippen molar-refractivity contribution in [3.8, 4) is 5.75 Å². The Morgan fingerprint density at radius 2 is 1.16 bits per heavy atom.